The lowest BCUT2D eigenvalue weighted by Gasteiger charge is -2.33. The summed E-state index contributed by atoms with van der Waals surface area (Å²) >= 11 is 0. The lowest BCUT2D eigenvalue weighted by molar-refractivity contribution is -0.150. The predicted molar refractivity (Wildman–Crippen MR) is 59.4 cm³/mol. The highest BCUT2D eigenvalue weighted by molar-refractivity contribution is 6.16. The summed E-state index contributed by atoms with van der Waals surface area (Å²) in [6.07, 6.45) is -0.142. The summed E-state index contributed by atoms with van der Waals surface area (Å²) in [4.78, 5) is 46.6. The first-order valence-electron chi connectivity index (χ1n) is 5.23. The Labute approximate surface area is 108 Å². The quantitative estimate of drug-likeness (QED) is 0.161. The van der Waals surface area contributed by atoms with Gasteiger partial charge in [0.25, 0.3) is 0 Å². The number of rotatable bonds is 4. The van der Waals surface area contributed by atoms with Gasteiger partial charge in [0.15, 0.2) is 5.57 Å². The highest BCUT2D eigenvalue weighted by atomic mass is 16.5. The number of hydrogen-bond acceptors (Lipinski definition) is 7. The van der Waals surface area contributed by atoms with Crippen molar-refractivity contribution < 1.29 is 33.4 Å². The highest BCUT2D eigenvalue weighted by Crippen LogP contribution is 2.27. The van der Waals surface area contributed by atoms with Crippen molar-refractivity contribution in [1.82, 2.24) is 4.90 Å². The molecule has 8 nitrogen and oxygen atoms in total. The zero-order valence-electron chi connectivity index (χ0n) is 10.7. The number of carbonyl (C=O) groups is 4. The van der Waals surface area contributed by atoms with Gasteiger partial charge < -0.3 is 19.1 Å². The molecule has 0 aromatic rings. The minimum Gasteiger partial charge on any atom is -0.468 e. The molecule has 0 radical (unpaired) electrons. The average molecular weight is 271 g/mol. The fourth-order valence-corrected chi connectivity index (χ4v) is 1.52. The lowest BCUT2D eigenvalue weighted by atomic mass is 10.0. The van der Waals surface area contributed by atoms with Crippen molar-refractivity contribution >= 4 is 23.8 Å². The number of ether oxygens (including phenoxy) is 3. The van der Waals surface area contributed by atoms with Crippen LogP contribution < -0.4 is 0 Å². The van der Waals surface area contributed by atoms with Gasteiger partial charge in [-0.1, -0.05) is 0 Å². The molecule has 0 spiro atoms. The number of esters is 3. The smallest absolute Gasteiger partial charge is 0.347 e. The second-order valence-electron chi connectivity index (χ2n) is 3.54. The molecule has 0 atom stereocenters. The van der Waals surface area contributed by atoms with Crippen LogP contribution in [-0.4, -0.2) is 56.6 Å². The van der Waals surface area contributed by atoms with Crippen LogP contribution in [0, 0.1) is 0 Å². The van der Waals surface area contributed by atoms with Crippen LogP contribution in [0.3, 0.4) is 0 Å². The molecule has 1 amide bonds. The van der Waals surface area contributed by atoms with Crippen LogP contribution in [0.15, 0.2) is 11.3 Å². The Balaban J connectivity index is 3.08. The molecule has 1 aliphatic rings. The van der Waals surface area contributed by atoms with Gasteiger partial charge in [0.05, 0.1) is 33.4 Å². The molecule has 104 valence electrons. The SMILES string of the molecule is COC(=O)CN1C(=O)CC1=C(C(=O)OC)C(=O)OC. The second-order valence-corrected chi connectivity index (χ2v) is 3.54. The standard InChI is InChI=1S/C11H13NO7/c1-17-8(14)5-12-6(4-7(12)13)9(10(15)18-2)11(16)19-3/h4-5H2,1-3H3. The van der Waals surface area contributed by atoms with E-state index in [4.69, 9.17) is 0 Å². The number of carbonyl (C=O) groups excluding carboxylic acids is 4. The molecule has 0 saturated carbocycles. The average Bonchev–Trinajstić information content (AvgIpc) is 2.42. The van der Waals surface area contributed by atoms with Crippen LogP contribution in [-0.2, 0) is 33.4 Å². The molecule has 19 heavy (non-hydrogen) atoms. The Hall–Kier alpha value is -2.38. The van der Waals surface area contributed by atoms with Crippen molar-refractivity contribution in [3.8, 4) is 0 Å². The first-order chi connectivity index (χ1) is 8.96. The zero-order valence-corrected chi connectivity index (χ0v) is 10.7. The highest BCUT2D eigenvalue weighted by Gasteiger charge is 2.39. The molecule has 1 fully saturated rings. The molecule has 0 aromatic heterocycles. The minimum absolute atomic E-state index is 0.0918. The van der Waals surface area contributed by atoms with Gasteiger partial charge in [-0.2, -0.15) is 0 Å². The third-order valence-electron chi connectivity index (χ3n) is 2.53. The Bertz CT molecular complexity index is 448. The number of β-lactam (4-membered cyclic amide) rings is 1. The van der Waals surface area contributed by atoms with E-state index in [9.17, 15) is 19.2 Å². The normalized spacial score (nSPS) is 13.5. The fraction of sp³-hybridized carbons (Fsp3) is 0.455. The Morgan fingerprint density at radius 2 is 1.58 bits per heavy atom. The van der Waals surface area contributed by atoms with Crippen LogP contribution in [0.25, 0.3) is 0 Å². The Morgan fingerprint density at radius 3 is 1.95 bits per heavy atom. The van der Waals surface area contributed by atoms with E-state index in [0.717, 1.165) is 26.2 Å². The van der Waals surface area contributed by atoms with Crippen LogP contribution in [0.1, 0.15) is 6.42 Å². The van der Waals surface area contributed by atoms with Crippen LogP contribution in [0.2, 0.25) is 0 Å². The van der Waals surface area contributed by atoms with E-state index in [1.54, 1.807) is 0 Å². The van der Waals surface area contributed by atoms with Gasteiger partial charge in [-0.25, -0.2) is 9.59 Å². The van der Waals surface area contributed by atoms with Crippen molar-refractivity contribution in [3.05, 3.63) is 11.3 Å². The van der Waals surface area contributed by atoms with E-state index < -0.39 is 29.4 Å². The first-order valence-corrected chi connectivity index (χ1v) is 5.23. The van der Waals surface area contributed by atoms with Gasteiger partial charge >= 0.3 is 17.9 Å². The molecule has 1 heterocycles. The topological polar surface area (TPSA) is 99.2 Å². The summed E-state index contributed by atoms with van der Waals surface area (Å²) in [5.41, 5.74) is -0.303. The lowest BCUT2D eigenvalue weighted by Crippen LogP contribution is -2.46. The molecule has 0 unspecified atom stereocenters. The van der Waals surface area contributed by atoms with E-state index in [2.05, 4.69) is 14.2 Å². The van der Waals surface area contributed by atoms with Gasteiger partial charge in [0.1, 0.15) is 6.54 Å². The van der Waals surface area contributed by atoms with Gasteiger partial charge in [-0.15, -0.1) is 0 Å². The molecule has 0 N–H and O–H groups in total. The van der Waals surface area contributed by atoms with E-state index in [0.29, 0.717) is 0 Å². The van der Waals surface area contributed by atoms with E-state index in [-0.39, 0.29) is 18.7 Å². The maximum absolute atomic E-state index is 11.5. The third kappa shape index (κ3) is 2.90. The van der Waals surface area contributed by atoms with Gasteiger partial charge in [-0.05, 0) is 0 Å². The second kappa shape index (κ2) is 5.98. The molecule has 8 heteroatoms. The molecule has 0 bridgehead atoms. The first kappa shape index (κ1) is 14.7. The van der Waals surface area contributed by atoms with E-state index in [1.807, 2.05) is 0 Å². The molecular weight excluding hydrogens is 258 g/mol. The predicted octanol–water partition coefficient (Wildman–Crippen LogP) is -1.01. The van der Waals surface area contributed by atoms with Crippen LogP contribution >= 0.6 is 0 Å². The van der Waals surface area contributed by atoms with Crippen molar-refractivity contribution in [2.24, 2.45) is 0 Å². The Kier molecular flexibility index (Phi) is 4.62. The summed E-state index contributed by atoms with van der Waals surface area (Å²) < 4.78 is 13.3. The maximum atomic E-state index is 11.5. The summed E-state index contributed by atoms with van der Waals surface area (Å²) in [5, 5.41) is 0. The maximum Gasteiger partial charge on any atom is 0.347 e. The van der Waals surface area contributed by atoms with Crippen molar-refractivity contribution in [1.29, 1.82) is 0 Å². The summed E-state index contributed by atoms with van der Waals surface area (Å²) in [6.45, 7) is -0.373. The minimum atomic E-state index is -0.927. The van der Waals surface area contributed by atoms with Crippen molar-refractivity contribution in [2.45, 2.75) is 6.42 Å². The molecule has 1 saturated heterocycles. The number of nitrogens with zero attached hydrogens (tertiary/aromatic N) is 1. The molecule has 0 aliphatic carbocycles. The summed E-state index contributed by atoms with van der Waals surface area (Å²) in [6, 6.07) is 0. The molecule has 1 rings (SSSR count). The third-order valence-corrected chi connectivity index (χ3v) is 2.53. The van der Waals surface area contributed by atoms with Crippen LogP contribution in [0.4, 0.5) is 0 Å². The molecule has 0 aromatic carbocycles. The number of hydrogen-bond donors (Lipinski definition) is 0. The number of methoxy groups -OCH3 is 3. The van der Waals surface area contributed by atoms with Crippen molar-refractivity contribution in [2.75, 3.05) is 27.9 Å². The van der Waals surface area contributed by atoms with Crippen molar-refractivity contribution in [3.63, 3.8) is 0 Å². The monoisotopic (exact) mass is 271 g/mol. The molecular formula is C11H13NO7. The molecule has 1 aliphatic heterocycles. The van der Waals surface area contributed by atoms with Gasteiger partial charge in [-0.3, -0.25) is 9.59 Å². The van der Waals surface area contributed by atoms with E-state index >= 15 is 0 Å². The summed E-state index contributed by atoms with van der Waals surface area (Å²) in [5.74, 6) is -2.92. The largest absolute Gasteiger partial charge is 0.468 e. The van der Waals surface area contributed by atoms with Crippen LogP contribution in [0.5, 0.6) is 0 Å². The Morgan fingerprint density at radius 1 is 1.05 bits per heavy atom. The fourth-order valence-electron chi connectivity index (χ4n) is 1.52. The van der Waals surface area contributed by atoms with E-state index in [1.165, 1.54) is 0 Å². The number of amides is 1. The number of likely N-dealkylation sites (tertiary alicyclic amines) is 1. The summed E-state index contributed by atoms with van der Waals surface area (Å²) in [7, 11) is 3.35. The zero-order chi connectivity index (χ0) is 14.6. The van der Waals surface area contributed by atoms with Gasteiger partial charge in [0.2, 0.25) is 5.91 Å². The van der Waals surface area contributed by atoms with Gasteiger partial charge in [0, 0.05) is 0 Å².